The smallest absolute Gasteiger partial charge is 0.119 e. The normalized spacial score (nSPS) is 10.5. The molecule has 0 spiro atoms. The van der Waals surface area contributed by atoms with Crippen LogP contribution in [-0.2, 0) is 0 Å². The average molecular weight is 265 g/mol. The molecule has 0 aliphatic carbocycles. The molecule has 0 atom stereocenters. The second kappa shape index (κ2) is 5.17. The van der Waals surface area contributed by atoms with E-state index in [1.165, 1.54) is 5.56 Å². The maximum absolute atomic E-state index is 5.15. The first-order chi connectivity index (χ1) is 9.78. The number of benzene rings is 2. The van der Waals surface area contributed by atoms with Gasteiger partial charge in [0, 0.05) is 5.56 Å². The first kappa shape index (κ1) is 12.4. The molecule has 3 rings (SSSR count). The minimum atomic E-state index is 0.827. The number of hydrogen-bond acceptors (Lipinski definition) is 3. The Hall–Kier alpha value is -2.62. The van der Waals surface area contributed by atoms with Gasteiger partial charge >= 0.3 is 0 Å². The van der Waals surface area contributed by atoms with E-state index in [9.17, 15) is 0 Å². The molecule has 4 heteroatoms. The van der Waals surface area contributed by atoms with Gasteiger partial charge in [-0.05, 0) is 36.8 Å². The number of aryl methyl sites for hydroxylation is 1. The van der Waals surface area contributed by atoms with E-state index in [2.05, 4.69) is 29.4 Å². The van der Waals surface area contributed by atoms with Crippen molar-refractivity contribution in [2.45, 2.75) is 6.92 Å². The maximum atomic E-state index is 5.15. The van der Waals surface area contributed by atoms with Crippen LogP contribution < -0.4 is 4.74 Å². The summed E-state index contributed by atoms with van der Waals surface area (Å²) in [7, 11) is 1.65. The highest BCUT2D eigenvalue weighted by Gasteiger charge is 2.07. The van der Waals surface area contributed by atoms with Gasteiger partial charge in [0.2, 0.25) is 0 Å². The van der Waals surface area contributed by atoms with Gasteiger partial charge in [0.25, 0.3) is 0 Å². The van der Waals surface area contributed by atoms with Crippen LogP contribution in [0, 0.1) is 6.92 Å². The Morgan fingerprint density at radius 1 is 1.00 bits per heavy atom. The molecule has 0 bridgehead atoms. The van der Waals surface area contributed by atoms with Crippen LogP contribution >= 0.6 is 0 Å². The van der Waals surface area contributed by atoms with Crippen LogP contribution in [0.5, 0.6) is 5.75 Å². The van der Waals surface area contributed by atoms with E-state index < -0.39 is 0 Å². The second-order valence-electron chi connectivity index (χ2n) is 4.56. The highest BCUT2D eigenvalue weighted by Crippen LogP contribution is 2.22. The van der Waals surface area contributed by atoms with Gasteiger partial charge in [0.05, 0.1) is 19.0 Å². The minimum Gasteiger partial charge on any atom is -0.497 e. The summed E-state index contributed by atoms with van der Waals surface area (Å²) in [5.41, 5.74) is 4.12. The molecule has 20 heavy (non-hydrogen) atoms. The fraction of sp³-hybridized carbons (Fsp3) is 0.125. The Labute approximate surface area is 117 Å². The first-order valence-corrected chi connectivity index (χ1v) is 6.41. The Kier molecular flexibility index (Phi) is 3.21. The van der Waals surface area contributed by atoms with Crippen LogP contribution in [0.1, 0.15) is 5.56 Å². The molecule has 0 fully saturated rings. The number of ether oxygens (including phenoxy) is 1. The first-order valence-electron chi connectivity index (χ1n) is 6.41. The van der Waals surface area contributed by atoms with Crippen LogP contribution in [0.25, 0.3) is 16.9 Å². The van der Waals surface area contributed by atoms with Crippen LogP contribution in [0.15, 0.2) is 54.7 Å². The molecule has 0 unspecified atom stereocenters. The predicted molar refractivity (Wildman–Crippen MR) is 78.1 cm³/mol. The highest BCUT2D eigenvalue weighted by molar-refractivity contribution is 5.62. The maximum Gasteiger partial charge on any atom is 0.119 e. The summed E-state index contributed by atoms with van der Waals surface area (Å²) >= 11 is 0. The van der Waals surface area contributed by atoms with Gasteiger partial charge < -0.3 is 4.74 Å². The molecule has 2 aromatic carbocycles. The number of nitrogens with zero attached hydrogens (tertiary/aromatic N) is 3. The Morgan fingerprint density at radius 2 is 1.75 bits per heavy atom. The zero-order valence-corrected chi connectivity index (χ0v) is 11.4. The fourth-order valence-electron chi connectivity index (χ4n) is 2.11. The van der Waals surface area contributed by atoms with Gasteiger partial charge in [0.1, 0.15) is 11.4 Å². The third-order valence-electron chi connectivity index (χ3n) is 3.25. The van der Waals surface area contributed by atoms with E-state index in [4.69, 9.17) is 4.74 Å². The largest absolute Gasteiger partial charge is 0.497 e. The predicted octanol–water partition coefficient (Wildman–Crippen LogP) is 3.25. The molecule has 100 valence electrons. The number of hydrogen-bond donors (Lipinski definition) is 0. The molecule has 0 saturated heterocycles. The van der Waals surface area contributed by atoms with E-state index in [0.29, 0.717) is 0 Å². The van der Waals surface area contributed by atoms with Gasteiger partial charge in [-0.3, -0.25) is 0 Å². The molecule has 0 amide bonds. The van der Waals surface area contributed by atoms with Crippen molar-refractivity contribution >= 4 is 0 Å². The van der Waals surface area contributed by atoms with Crippen molar-refractivity contribution in [2.24, 2.45) is 0 Å². The van der Waals surface area contributed by atoms with Crippen molar-refractivity contribution < 1.29 is 4.74 Å². The van der Waals surface area contributed by atoms with Crippen molar-refractivity contribution in [3.63, 3.8) is 0 Å². The molecular weight excluding hydrogens is 250 g/mol. The summed E-state index contributed by atoms with van der Waals surface area (Å²) in [4.78, 5) is 0. The Morgan fingerprint density at radius 3 is 2.45 bits per heavy atom. The molecule has 3 aromatic rings. The lowest BCUT2D eigenvalue weighted by Gasteiger charge is -2.02. The lowest BCUT2D eigenvalue weighted by molar-refractivity contribution is 0.414. The van der Waals surface area contributed by atoms with E-state index in [0.717, 1.165) is 22.7 Å². The molecule has 0 aliphatic heterocycles. The summed E-state index contributed by atoms with van der Waals surface area (Å²) in [6, 6.07) is 15.9. The summed E-state index contributed by atoms with van der Waals surface area (Å²) < 4.78 is 6.92. The van der Waals surface area contributed by atoms with Crippen molar-refractivity contribution in [1.29, 1.82) is 0 Å². The number of rotatable bonds is 3. The number of methoxy groups -OCH3 is 1. The van der Waals surface area contributed by atoms with Crippen LogP contribution in [0.3, 0.4) is 0 Å². The molecule has 0 N–H and O–H groups in total. The topological polar surface area (TPSA) is 39.9 Å². The zero-order valence-electron chi connectivity index (χ0n) is 11.4. The molecular formula is C16H15N3O. The lowest BCUT2D eigenvalue weighted by Crippen LogP contribution is -1.94. The summed E-state index contributed by atoms with van der Waals surface area (Å²) in [5.74, 6) is 0.827. The summed E-state index contributed by atoms with van der Waals surface area (Å²) in [5, 5.41) is 8.43. The zero-order chi connectivity index (χ0) is 13.9. The van der Waals surface area contributed by atoms with Gasteiger partial charge in [-0.15, -0.1) is 5.10 Å². The number of aromatic nitrogens is 3. The third kappa shape index (κ3) is 2.28. The monoisotopic (exact) mass is 265 g/mol. The molecule has 0 radical (unpaired) electrons. The standard InChI is InChI=1S/C16H15N3O/c1-12-5-3-4-6-15(12)16-11-19(18-17-16)13-7-9-14(20-2)10-8-13/h3-11H,1-2H3. The van der Waals surface area contributed by atoms with E-state index in [1.54, 1.807) is 11.8 Å². The van der Waals surface area contributed by atoms with Gasteiger partial charge in [-0.25, -0.2) is 4.68 Å². The molecule has 0 saturated carbocycles. The molecule has 4 nitrogen and oxygen atoms in total. The van der Waals surface area contributed by atoms with E-state index >= 15 is 0 Å². The van der Waals surface area contributed by atoms with Gasteiger partial charge in [-0.1, -0.05) is 29.5 Å². The molecule has 1 heterocycles. The fourth-order valence-corrected chi connectivity index (χ4v) is 2.11. The van der Waals surface area contributed by atoms with E-state index in [1.807, 2.05) is 42.6 Å². The molecule has 0 aliphatic rings. The van der Waals surface area contributed by atoms with Gasteiger partial charge in [-0.2, -0.15) is 0 Å². The Balaban J connectivity index is 1.95. The van der Waals surface area contributed by atoms with Crippen LogP contribution in [0.2, 0.25) is 0 Å². The molecule has 1 aromatic heterocycles. The SMILES string of the molecule is COc1ccc(-n2cc(-c3ccccc3C)nn2)cc1. The average Bonchev–Trinajstić information content (AvgIpc) is 2.97. The summed E-state index contributed by atoms with van der Waals surface area (Å²) in [6.07, 6.45) is 1.93. The highest BCUT2D eigenvalue weighted by atomic mass is 16.5. The minimum absolute atomic E-state index is 0.827. The third-order valence-corrected chi connectivity index (χ3v) is 3.25. The van der Waals surface area contributed by atoms with Crippen LogP contribution in [-0.4, -0.2) is 22.1 Å². The second-order valence-corrected chi connectivity index (χ2v) is 4.56. The van der Waals surface area contributed by atoms with Crippen molar-refractivity contribution in [3.05, 3.63) is 60.3 Å². The van der Waals surface area contributed by atoms with Crippen molar-refractivity contribution in [2.75, 3.05) is 7.11 Å². The quantitative estimate of drug-likeness (QED) is 0.729. The van der Waals surface area contributed by atoms with E-state index in [-0.39, 0.29) is 0 Å². The lowest BCUT2D eigenvalue weighted by atomic mass is 10.1. The van der Waals surface area contributed by atoms with Crippen molar-refractivity contribution in [1.82, 2.24) is 15.0 Å². The Bertz CT molecular complexity index is 717. The van der Waals surface area contributed by atoms with Gasteiger partial charge in [0.15, 0.2) is 0 Å². The van der Waals surface area contributed by atoms with Crippen molar-refractivity contribution in [3.8, 4) is 22.7 Å². The summed E-state index contributed by atoms with van der Waals surface area (Å²) in [6.45, 7) is 2.07. The van der Waals surface area contributed by atoms with Crippen LogP contribution in [0.4, 0.5) is 0 Å².